The third kappa shape index (κ3) is 3.12. The van der Waals surface area contributed by atoms with Gasteiger partial charge in [0.25, 0.3) is 0 Å². The van der Waals surface area contributed by atoms with E-state index < -0.39 is 0 Å². The van der Waals surface area contributed by atoms with Crippen LogP contribution in [0.3, 0.4) is 0 Å². The summed E-state index contributed by atoms with van der Waals surface area (Å²) >= 11 is 0. The fourth-order valence-electron chi connectivity index (χ4n) is 0.482. The normalized spacial score (nSPS) is 10.8. The van der Waals surface area contributed by atoms with Crippen LogP contribution in [0.25, 0.3) is 0 Å². The Kier molecular flexibility index (Phi) is 3.54. The van der Waals surface area contributed by atoms with E-state index in [1.165, 1.54) is 0 Å². The Balaban J connectivity index is 4.11. The Labute approximate surface area is 63.1 Å². The lowest BCUT2D eigenvalue weighted by molar-refractivity contribution is 1.00. The molecule has 0 aliphatic heterocycles. The number of nitrogens with one attached hydrogen (secondary N) is 1. The summed E-state index contributed by atoms with van der Waals surface area (Å²) in [6.07, 6.45) is 0. The van der Waals surface area contributed by atoms with Crippen molar-refractivity contribution in [1.82, 2.24) is 5.32 Å². The van der Waals surface area contributed by atoms with Gasteiger partial charge in [0.15, 0.2) is 7.85 Å². The van der Waals surface area contributed by atoms with E-state index in [1.54, 1.807) is 7.05 Å². The molecule has 0 saturated heterocycles. The predicted octanol–water partition coefficient (Wildman–Crippen LogP) is 0.285. The summed E-state index contributed by atoms with van der Waals surface area (Å²) in [5.74, 6) is 0. The molecule has 0 saturated carbocycles. The minimum Gasteiger partial charge on any atom is -0.387 e. The minimum atomic E-state index is 0.697. The standard InChI is InChI=1S/C7H13BN2/c1-5(9-4)6(2)10-7(3)8/h9H,1-2,8H2,3-4H3/b10-7+. The molecule has 0 amide bonds. The lowest BCUT2D eigenvalue weighted by atomic mass is 10.0. The second kappa shape index (κ2) is 3.93. The van der Waals surface area contributed by atoms with E-state index in [0.29, 0.717) is 5.70 Å². The van der Waals surface area contributed by atoms with Crippen LogP contribution < -0.4 is 5.32 Å². The number of hydrogen-bond acceptors (Lipinski definition) is 2. The van der Waals surface area contributed by atoms with Crippen LogP contribution in [0.5, 0.6) is 0 Å². The van der Waals surface area contributed by atoms with E-state index in [9.17, 15) is 0 Å². The molecule has 0 aromatic carbocycles. The first kappa shape index (κ1) is 9.01. The summed E-state index contributed by atoms with van der Waals surface area (Å²) in [5.41, 5.74) is 2.45. The Morgan fingerprint density at radius 2 is 2.00 bits per heavy atom. The summed E-state index contributed by atoms with van der Waals surface area (Å²) in [4.78, 5) is 4.11. The highest BCUT2D eigenvalue weighted by atomic mass is 14.9. The number of likely N-dealkylation sites (N-methyl/N-ethyl adjacent to an activating group) is 1. The molecule has 0 aliphatic carbocycles. The average molecular weight is 136 g/mol. The molecule has 0 radical (unpaired) electrons. The van der Waals surface area contributed by atoms with E-state index in [4.69, 9.17) is 0 Å². The molecule has 0 spiro atoms. The van der Waals surface area contributed by atoms with Gasteiger partial charge in [-0.15, -0.1) is 0 Å². The van der Waals surface area contributed by atoms with E-state index in [-0.39, 0.29) is 0 Å². The quantitative estimate of drug-likeness (QED) is 0.336. The number of nitrogens with zero attached hydrogens (tertiary/aromatic N) is 1. The summed E-state index contributed by atoms with van der Waals surface area (Å²) in [5, 5.41) is 2.87. The second-order valence-corrected chi connectivity index (χ2v) is 2.23. The molecule has 2 nitrogen and oxygen atoms in total. The number of rotatable bonds is 3. The highest BCUT2D eigenvalue weighted by molar-refractivity contribution is 6.59. The van der Waals surface area contributed by atoms with Crippen LogP contribution in [-0.2, 0) is 0 Å². The summed E-state index contributed by atoms with van der Waals surface area (Å²) in [6.45, 7) is 9.35. The first-order chi connectivity index (χ1) is 4.57. The van der Waals surface area contributed by atoms with E-state index >= 15 is 0 Å². The van der Waals surface area contributed by atoms with Crippen molar-refractivity contribution in [1.29, 1.82) is 0 Å². The van der Waals surface area contributed by atoms with Gasteiger partial charge in [0.05, 0.1) is 11.4 Å². The SMILES string of the molecule is B/C(C)=N/C(=C)C(=C)NC. The molecular weight excluding hydrogens is 123 g/mol. The Bertz CT molecular complexity index is 178. The average Bonchev–Trinajstić information content (AvgIpc) is 1.85. The van der Waals surface area contributed by atoms with Gasteiger partial charge in [0.1, 0.15) is 0 Å². The maximum Gasteiger partial charge on any atom is 0.158 e. The highest BCUT2D eigenvalue weighted by Gasteiger charge is 1.92. The summed E-state index contributed by atoms with van der Waals surface area (Å²) in [6, 6.07) is 0. The first-order valence-corrected chi connectivity index (χ1v) is 3.15. The van der Waals surface area contributed by atoms with Crippen LogP contribution in [0.15, 0.2) is 29.5 Å². The number of aliphatic imine (C=N–C) groups is 1. The zero-order chi connectivity index (χ0) is 8.15. The van der Waals surface area contributed by atoms with Crippen molar-refractivity contribution in [2.75, 3.05) is 7.05 Å². The molecule has 0 atom stereocenters. The minimum absolute atomic E-state index is 0.697. The first-order valence-electron chi connectivity index (χ1n) is 3.15. The molecule has 0 fully saturated rings. The van der Waals surface area contributed by atoms with Crippen molar-refractivity contribution >= 4 is 13.5 Å². The van der Waals surface area contributed by atoms with Crippen LogP contribution in [-0.4, -0.2) is 20.5 Å². The molecule has 3 heteroatoms. The van der Waals surface area contributed by atoms with Crippen LogP contribution >= 0.6 is 0 Å². The molecule has 10 heavy (non-hydrogen) atoms. The largest absolute Gasteiger partial charge is 0.387 e. The molecule has 0 heterocycles. The predicted molar refractivity (Wildman–Crippen MR) is 49.0 cm³/mol. The van der Waals surface area contributed by atoms with Crippen molar-refractivity contribution in [3.8, 4) is 0 Å². The Hall–Kier alpha value is -0.985. The Morgan fingerprint density at radius 3 is 2.30 bits per heavy atom. The molecule has 54 valence electrons. The van der Waals surface area contributed by atoms with Gasteiger partial charge in [-0.2, -0.15) is 0 Å². The fourth-order valence-corrected chi connectivity index (χ4v) is 0.482. The van der Waals surface area contributed by atoms with Crippen molar-refractivity contribution in [3.05, 3.63) is 24.6 Å². The van der Waals surface area contributed by atoms with Crippen molar-refractivity contribution in [2.45, 2.75) is 6.92 Å². The second-order valence-electron chi connectivity index (χ2n) is 2.23. The van der Waals surface area contributed by atoms with Gasteiger partial charge < -0.3 is 5.32 Å². The number of hydrogen-bond donors (Lipinski definition) is 1. The Morgan fingerprint density at radius 1 is 1.50 bits per heavy atom. The molecule has 0 aromatic heterocycles. The van der Waals surface area contributed by atoms with Gasteiger partial charge >= 0.3 is 0 Å². The topological polar surface area (TPSA) is 24.4 Å². The van der Waals surface area contributed by atoms with Gasteiger partial charge in [0, 0.05) is 7.05 Å². The van der Waals surface area contributed by atoms with E-state index in [2.05, 4.69) is 23.5 Å². The monoisotopic (exact) mass is 136 g/mol. The van der Waals surface area contributed by atoms with Crippen LogP contribution in [0.1, 0.15) is 6.92 Å². The zero-order valence-electron chi connectivity index (χ0n) is 6.86. The third-order valence-corrected chi connectivity index (χ3v) is 1.01. The van der Waals surface area contributed by atoms with Crippen molar-refractivity contribution in [2.24, 2.45) is 4.99 Å². The molecule has 0 bridgehead atoms. The van der Waals surface area contributed by atoms with Crippen LogP contribution in [0, 0.1) is 0 Å². The van der Waals surface area contributed by atoms with Gasteiger partial charge in [-0.25, -0.2) is 0 Å². The van der Waals surface area contributed by atoms with Crippen LogP contribution in [0.2, 0.25) is 0 Å². The molecule has 1 N–H and O–H groups in total. The highest BCUT2D eigenvalue weighted by Crippen LogP contribution is 2.01. The fraction of sp³-hybridized carbons (Fsp3) is 0.286. The lowest BCUT2D eigenvalue weighted by Gasteiger charge is -2.02. The van der Waals surface area contributed by atoms with Crippen molar-refractivity contribution in [3.63, 3.8) is 0 Å². The third-order valence-electron chi connectivity index (χ3n) is 1.01. The molecule has 0 aliphatic rings. The zero-order valence-corrected chi connectivity index (χ0v) is 6.86. The maximum atomic E-state index is 4.11. The molecule has 0 rings (SSSR count). The smallest absolute Gasteiger partial charge is 0.158 e. The van der Waals surface area contributed by atoms with E-state index in [0.717, 1.165) is 11.3 Å². The van der Waals surface area contributed by atoms with Gasteiger partial charge in [0.2, 0.25) is 0 Å². The summed E-state index contributed by atoms with van der Waals surface area (Å²) < 4.78 is 0. The lowest BCUT2D eigenvalue weighted by Crippen LogP contribution is -2.06. The van der Waals surface area contributed by atoms with Gasteiger partial charge in [-0.1, -0.05) is 13.2 Å². The van der Waals surface area contributed by atoms with Crippen molar-refractivity contribution < 1.29 is 0 Å². The van der Waals surface area contributed by atoms with Gasteiger partial charge in [-0.3, -0.25) is 4.99 Å². The molecular formula is C7H13BN2. The molecule has 0 unspecified atom stereocenters. The van der Waals surface area contributed by atoms with Crippen LogP contribution in [0.4, 0.5) is 0 Å². The maximum absolute atomic E-state index is 4.11. The van der Waals surface area contributed by atoms with E-state index in [1.807, 2.05) is 14.8 Å². The molecule has 0 aromatic rings. The van der Waals surface area contributed by atoms with Gasteiger partial charge in [-0.05, 0) is 12.5 Å². The summed E-state index contributed by atoms with van der Waals surface area (Å²) in [7, 11) is 3.72.